The second-order valence-electron chi connectivity index (χ2n) is 4.95. The summed E-state index contributed by atoms with van der Waals surface area (Å²) in [5, 5.41) is 6.80. The lowest BCUT2D eigenvalue weighted by Crippen LogP contribution is -2.02. The minimum Gasteiger partial charge on any atom is -0.340 e. The fourth-order valence-electron chi connectivity index (χ4n) is 2.05. The van der Waals surface area contributed by atoms with Crippen LogP contribution in [0.15, 0.2) is 54.6 Å². The third kappa shape index (κ3) is 3.96. The zero-order valence-electron chi connectivity index (χ0n) is 12.3. The third-order valence-electron chi connectivity index (χ3n) is 3.09. The highest BCUT2D eigenvalue weighted by atomic mass is 35.5. The van der Waals surface area contributed by atoms with E-state index in [0.717, 1.165) is 17.1 Å². The van der Waals surface area contributed by atoms with E-state index >= 15 is 0 Å². The molecular weight excluding hydrogens is 315 g/mol. The third-order valence-corrected chi connectivity index (χ3v) is 3.42. The average Bonchev–Trinajstić information content (AvgIpc) is 2.51. The van der Waals surface area contributed by atoms with Crippen LogP contribution >= 0.6 is 11.6 Å². The first-order valence-corrected chi connectivity index (χ1v) is 7.38. The standard InChI is InChI=1S/C17H14ClFN4/c1-11-10-16(21-13-8-6-12(19)7-9-13)23-17(20-11)22-15-5-3-2-4-14(15)18/h2-10H,1H3,(H2,20,21,22,23). The summed E-state index contributed by atoms with van der Waals surface area (Å²) in [6, 6.07) is 15.2. The predicted molar refractivity (Wildman–Crippen MR) is 91.2 cm³/mol. The van der Waals surface area contributed by atoms with Crippen molar-refractivity contribution in [2.24, 2.45) is 0 Å². The topological polar surface area (TPSA) is 49.8 Å². The van der Waals surface area contributed by atoms with E-state index < -0.39 is 0 Å². The van der Waals surface area contributed by atoms with Crippen molar-refractivity contribution in [1.29, 1.82) is 0 Å². The van der Waals surface area contributed by atoms with Gasteiger partial charge in [0.15, 0.2) is 0 Å². The van der Waals surface area contributed by atoms with E-state index in [-0.39, 0.29) is 5.82 Å². The first-order chi connectivity index (χ1) is 11.1. The van der Waals surface area contributed by atoms with E-state index in [1.807, 2.05) is 25.1 Å². The highest BCUT2D eigenvalue weighted by Crippen LogP contribution is 2.24. The van der Waals surface area contributed by atoms with E-state index in [9.17, 15) is 4.39 Å². The molecule has 0 bridgehead atoms. The summed E-state index contributed by atoms with van der Waals surface area (Å²) >= 11 is 6.13. The number of anilines is 4. The second kappa shape index (κ2) is 6.62. The summed E-state index contributed by atoms with van der Waals surface area (Å²) in [6.45, 7) is 1.87. The Labute approximate surface area is 138 Å². The predicted octanol–water partition coefficient (Wildman–Crippen LogP) is 5.06. The molecular formula is C17H14ClFN4. The van der Waals surface area contributed by atoms with Crippen LogP contribution in [0, 0.1) is 12.7 Å². The maximum Gasteiger partial charge on any atom is 0.229 e. The van der Waals surface area contributed by atoms with Crippen LogP contribution in [0.1, 0.15) is 5.69 Å². The van der Waals surface area contributed by atoms with Gasteiger partial charge in [-0.15, -0.1) is 0 Å². The van der Waals surface area contributed by atoms with Gasteiger partial charge in [0.25, 0.3) is 0 Å². The smallest absolute Gasteiger partial charge is 0.229 e. The lowest BCUT2D eigenvalue weighted by atomic mass is 10.3. The molecule has 0 aliphatic carbocycles. The number of para-hydroxylation sites is 1. The van der Waals surface area contributed by atoms with Gasteiger partial charge in [-0.3, -0.25) is 0 Å². The van der Waals surface area contributed by atoms with Crippen molar-refractivity contribution in [3.05, 3.63) is 71.1 Å². The highest BCUT2D eigenvalue weighted by Gasteiger charge is 2.05. The molecule has 0 fully saturated rings. The van der Waals surface area contributed by atoms with E-state index in [1.165, 1.54) is 12.1 Å². The molecule has 1 aromatic heterocycles. The molecule has 0 saturated carbocycles. The average molecular weight is 329 g/mol. The largest absolute Gasteiger partial charge is 0.340 e. The molecule has 4 nitrogen and oxygen atoms in total. The number of nitrogens with one attached hydrogen (secondary N) is 2. The van der Waals surface area contributed by atoms with Crippen LogP contribution < -0.4 is 10.6 Å². The van der Waals surface area contributed by atoms with Gasteiger partial charge in [-0.25, -0.2) is 9.37 Å². The van der Waals surface area contributed by atoms with E-state index in [2.05, 4.69) is 20.6 Å². The summed E-state index contributed by atoms with van der Waals surface area (Å²) < 4.78 is 13.0. The minimum absolute atomic E-state index is 0.282. The Kier molecular flexibility index (Phi) is 4.39. The lowest BCUT2D eigenvalue weighted by molar-refractivity contribution is 0.628. The van der Waals surface area contributed by atoms with E-state index in [0.29, 0.717) is 16.8 Å². The van der Waals surface area contributed by atoms with Crippen molar-refractivity contribution in [1.82, 2.24) is 9.97 Å². The molecule has 0 aliphatic heterocycles. The maximum atomic E-state index is 13.0. The van der Waals surface area contributed by atoms with Gasteiger partial charge >= 0.3 is 0 Å². The summed E-state index contributed by atoms with van der Waals surface area (Å²) in [7, 11) is 0. The number of nitrogens with zero attached hydrogens (tertiary/aromatic N) is 2. The Balaban J connectivity index is 1.84. The molecule has 0 radical (unpaired) electrons. The molecule has 1 heterocycles. The Hall–Kier alpha value is -2.66. The molecule has 6 heteroatoms. The molecule has 2 N–H and O–H groups in total. The minimum atomic E-state index is -0.282. The fourth-order valence-corrected chi connectivity index (χ4v) is 2.24. The van der Waals surface area contributed by atoms with Gasteiger partial charge in [-0.2, -0.15) is 4.98 Å². The van der Waals surface area contributed by atoms with Crippen LogP contribution in [0.4, 0.5) is 27.5 Å². The molecule has 0 amide bonds. The van der Waals surface area contributed by atoms with Gasteiger partial charge in [0.1, 0.15) is 11.6 Å². The molecule has 116 valence electrons. The number of benzene rings is 2. The molecule has 3 rings (SSSR count). The summed E-state index contributed by atoms with van der Waals surface area (Å²) in [6.07, 6.45) is 0. The second-order valence-corrected chi connectivity index (χ2v) is 5.36. The van der Waals surface area contributed by atoms with Gasteiger partial charge in [-0.1, -0.05) is 23.7 Å². The number of hydrogen-bond acceptors (Lipinski definition) is 4. The summed E-state index contributed by atoms with van der Waals surface area (Å²) in [5.74, 6) is 0.761. The van der Waals surface area contributed by atoms with Crippen LogP contribution in [-0.4, -0.2) is 9.97 Å². The SMILES string of the molecule is Cc1cc(Nc2ccc(F)cc2)nc(Nc2ccccc2Cl)n1. The van der Waals surface area contributed by atoms with Crippen LogP contribution in [0.2, 0.25) is 5.02 Å². The normalized spacial score (nSPS) is 10.4. The van der Waals surface area contributed by atoms with Crippen molar-refractivity contribution in [3.63, 3.8) is 0 Å². The highest BCUT2D eigenvalue weighted by molar-refractivity contribution is 6.33. The van der Waals surface area contributed by atoms with Gasteiger partial charge in [0.05, 0.1) is 10.7 Å². The number of rotatable bonds is 4. The van der Waals surface area contributed by atoms with Crippen LogP contribution in [0.3, 0.4) is 0 Å². The Morgan fingerprint density at radius 1 is 0.957 bits per heavy atom. The molecule has 3 aromatic rings. The molecule has 0 saturated heterocycles. The quantitative estimate of drug-likeness (QED) is 0.702. The zero-order valence-corrected chi connectivity index (χ0v) is 13.1. The van der Waals surface area contributed by atoms with E-state index in [4.69, 9.17) is 11.6 Å². The van der Waals surface area contributed by atoms with Crippen molar-refractivity contribution >= 4 is 34.7 Å². The van der Waals surface area contributed by atoms with Crippen molar-refractivity contribution in [3.8, 4) is 0 Å². The van der Waals surface area contributed by atoms with Gasteiger partial charge in [0, 0.05) is 17.4 Å². The van der Waals surface area contributed by atoms with Gasteiger partial charge in [-0.05, 0) is 43.3 Å². The molecule has 0 aliphatic rings. The number of aryl methyl sites for hydroxylation is 1. The summed E-state index contributed by atoms with van der Waals surface area (Å²) in [5.41, 5.74) is 2.26. The first-order valence-electron chi connectivity index (χ1n) is 7.00. The monoisotopic (exact) mass is 328 g/mol. The van der Waals surface area contributed by atoms with Gasteiger partial charge < -0.3 is 10.6 Å². The van der Waals surface area contributed by atoms with Crippen LogP contribution in [-0.2, 0) is 0 Å². The van der Waals surface area contributed by atoms with Gasteiger partial charge in [0.2, 0.25) is 5.95 Å². The van der Waals surface area contributed by atoms with Crippen molar-refractivity contribution in [2.45, 2.75) is 6.92 Å². The van der Waals surface area contributed by atoms with Crippen LogP contribution in [0.25, 0.3) is 0 Å². The van der Waals surface area contributed by atoms with Crippen LogP contribution in [0.5, 0.6) is 0 Å². The number of hydrogen-bond donors (Lipinski definition) is 2. The van der Waals surface area contributed by atoms with Crippen molar-refractivity contribution < 1.29 is 4.39 Å². The Morgan fingerprint density at radius 2 is 1.70 bits per heavy atom. The van der Waals surface area contributed by atoms with E-state index in [1.54, 1.807) is 24.3 Å². The lowest BCUT2D eigenvalue weighted by Gasteiger charge is -2.10. The molecule has 23 heavy (non-hydrogen) atoms. The molecule has 0 spiro atoms. The molecule has 0 atom stereocenters. The van der Waals surface area contributed by atoms with Crippen molar-refractivity contribution in [2.75, 3.05) is 10.6 Å². The Morgan fingerprint density at radius 3 is 2.43 bits per heavy atom. The molecule has 2 aromatic carbocycles. The zero-order chi connectivity index (χ0) is 16.2. The number of halogens is 2. The fraction of sp³-hybridized carbons (Fsp3) is 0.0588. The summed E-state index contributed by atoms with van der Waals surface area (Å²) in [4.78, 5) is 8.75. The first kappa shape index (κ1) is 15.2. The Bertz CT molecular complexity index is 821. The molecule has 0 unspecified atom stereocenters. The maximum absolute atomic E-state index is 13.0. The number of aromatic nitrogens is 2.